The van der Waals surface area contributed by atoms with Crippen LogP contribution in [0.3, 0.4) is 0 Å². The second-order valence-corrected chi connectivity index (χ2v) is 5.63. The zero-order valence-corrected chi connectivity index (χ0v) is 11.9. The molecule has 0 aliphatic heterocycles. The van der Waals surface area contributed by atoms with Crippen LogP contribution in [0.15, 0.2) is 0 Å². The van der Waals surface area contributed by atoms with E-state index in [0.717, 1.165) is 0 Å². The lowest BCUT2D eigenvalue weighted by Crippen LogP contribution is -2.49. The summed E-state index contributed by atoms with van der Waals surface area (Å²) in [5, 5.41) is 12.0. The van der Waals surface area contributed by atoms with E-state index in [1.165, 1.54) is 0 Å². The van der Waals surface area contributed by atoms with Gasteiger partial charge in [-0.15, -0.1) is 0 Å². The van der Waals surface area contributed by atoms with E-state index in [1.54, 1.807) is 11.8 Å². The highest BCUT2D eigenvalue weighted by atomic mass is 32.2. The first-order valence-corrected chi connectivity index (χ1v) is 7.23. The normalized spacial score (nSPS) is 13.2. The van der Waals surface area contributed by atoms with E-state index in [0.29, 0.717) is 19.3 Å². The van der Waals surface area contributed by atoms with Crippen LogP contribution in [0.25, 0.3) is 0 Å². The molecule has 0 aliphatic rings. The van der Waals surface area contributed by atoms with Gasteiger partial charge in [0.2, 0.25) is 5.91 Å². The van der Waals surface area contributed by atoms with Crippen LogP contribution in [0.2, 0.25) is 0 Å². The lowest BCUT2D eigenvalue weighted by Gasteiger charge is -2.31. The summed E-state index contributed by atoms with van der Waals surface area (Å²) in [7, 11) is 0. The number of carboxylic acids is 1. The van der Waals surface area contributed by atoms with Crippen molar-refractivity contribution in [2.75, 3.05) is 6.26 Å². The molecule has 2 N–H and O–H groups in total. The summed E-state index contributed by atoms with van der Waals surface area (Å²) in [6.45, 7) is 5.80. The monoisotopic (exact) mass is 261 g/mol. The number of hydrogen-bond acceptors (Lipinski definition) is 3. The largest absolute Gasteiger partial charge is 0.481 e. The van der Waals surface area contributed by atoms with Gasteiger partial charge in [-0.2, -0.15) is 11.8 Å². The Labute approximate surface area is 108 Å². The number of aliphatic carboxylic acids is 1. The fourth-order valence-electron chi connectivity index (χ4n) is 1.70. The molecule has 0 aromatic rings. The number of rotatable bonds is 8. The molecule has 0 spiro atoms. The molecule has 0 saturated heterocycles. The molecule has 0 fully saturated rings. The fourth-order valence-corrected chi connectivity index (χ4v) is 2.02. The van der Waals surface area contributed by atoms with Gasteiger partial charge in [0.05, 0.1) is 6.42 Å². The minimum Gasteiger partial charge on any atom is -0.481 e. The Bertz CT molecular complexity index is 264. The van der Waals surface area contributed by atoms with Crippen molar-refractivity contribution >= 4 is 23.6 Å². The zero-order chi connectivity index (χ0) is 13.5. The predicted molar refractivity (Wildman–Crippen MR) is 71.3 cm³/mol. The van der Waals surface area contributed by atoms with Gasteiger partial charge in [-0.25, -0.2) is 0 Å². The molecule has 0 aromatic heterocycles. The molecule has 0 radical (unpaired) electrons. The Morgan fingerprint density at radius 3 is 2.24 bits per heavy atom. The van der Waals surface area contributed by atoms with E-state index < -0.39 is 11.5 Å². The van der Waals surface area contributed by atoms with E-state index in [-0.39, 0.29) is 17.6 Å². The van der Waals surface area contributed by atoms with Gasteiger partial charge in [-0.3, -0.25) is 9.59 Å². The molecule has 0 aliphatic carbocycles. The van der Waals surface area contributed by atoms with Crippen LogP contribution >= 0.6 is 11.8 Å². The molecule has 1 unspecified atom stereocenters. The number of carboxylic acid groups (broad SMARTS) is 1. The Kier molecular flexibility index (Phi) is 7.27. The predicted octanol–water partition coefficient (Wildman–Crippen LogP) is 2.28. The number of carbonyl (C=O) groups is 2. The molecule has 17 heavy (non-hydrogen) atoms. The van der Waals surface area contributed by atoms with Crippen molar-refractivity contribution in [3.63, 3.8) is 0 Å². The van der Waals surface area contributed by atoms with Crippen molar-refractivity contribution in [1.29, 1.82) is 0 Å². The second kappa shape index (κ2) is 7.58. The van der Waals surface area contributed by atoms with Crippen molar-refractivity contribution in [2.45, 2.75) is 57.2 Å². The first kappa shape index (κ1) is 16.3. The van der Waals surface area contributed by atoms with Gasteiger partial charge in [-0.1, -0.05) is 20.8 Å². The van der Waals surface area contributed by atoms with E-state index in [9.17, 15) is 9.59 Å². The third-order valence-electron chi connectivity index (χ3n) is 3.12. The van der Waals surface area contributed by atoms with Crippen LogP contribution < -0.4 is 5.32 Å². The minimum absolute atomic E-state index is 0.0145. The summed E-state index contributed by atoms with van der Waals surface area (Å²) in [6.07, 6.45) is 3.65. The second-order valence-electron chi connectivity index (χ2n) is 4.36. The van der Waals surface area contributed by atoms with Crippen molar-refractivity contribution in [2.24, 2.45) is 0 Å². The van der Waals surface area contributed by atoms with Gasteiger partial charge in [-0.05, 0) is 19.1 Å². The molecular formula is C12H23NO3S. The Hall–Kier alpha value is -0.710. The number of carbonyl (C=O) groups excluding carboxylic acids is 1. The number of thioether (sulfide) groups is 1. The number of hydrogen-bond donors (Lipinski definition) is 2. The Morgan fingerprint density at radius 2 is 1.88 bits per heavy atom. The van der Waals surface area contributed by atoms with Crippen LogP contribution in [0, 0.1) is 0 Å². The fraction of sp³-hybridized carbons (Fsp3) is 0.833. The molecule has 0 rings (SSSR count). The summed E-state index contributed by atoms with van der Waals surface area (Å²) < 4.78 is 0. The van der Waals surface area contributed by atoms with Gasteiger partial charge in [0, 0.05) is 17.2 Å². The van der Waals surface area contributed by atoms with Gasteiger partial charge >= 0.3 is 5.97 Å². The smallest absolute Gasteiger partial charge is 0.305 e. The molecular weight excluding hydrogens is 238 g/mol. The van der Waals surface area contributed by atoms with E-state index >= 15 is 0 Å². The highest BCUT2D eigenvalue weighted by molar-refractivity contribution is 7.99. The molecule has 100 valence electrons. The lowest BCUT2D eigenvalue weighted by molar-refractivity contribution is -0.139. The topological polar surface area (TPSA) is 66.4 Å². The third kappa shape index (κ3) is 5.96. The number of amides is 1. The Morgan fingerprint density at radius 1 is 1.35 bits per heavy atom. The van der Waals surface area contributed by atoms with Crippen LogP contribution in [-0.2, 0) is 9.59 Å². The van der Waals surface area contributed by atoms with Crippen LogP contribution in [0.5, 0.6) is 0 Å². The van der Waals surface area contributed by atoms with Crippen molar-refractivity contribution in [3.05, 3.63) is 0 Å². The molecule has 1 atom stereocenters. The summed E-state index contributed by atoms with van der Waals surface area (Å²) in [6, 6.07) is 0. The summed E-state index contributed by atoms with van der Waals surface area (Å²) in [5.41, 5.74) is -0.596. The van der Waals surface area contributed by atoms with Crippen LogP contribution in [-0.4, -0.2) is 34.0 Å². The standard InChI is InChI=1S/C12H23NO3S/c1-5-12(6-2,8-11(15)16)13-10(14)7-9(3)17-4/h9H,5-8H2,1-4H3,(H,13,14)(H,15,16). The highest BCUT2D eigenvalue weighted by Gasteiger charge is 2.31. The molecule has 0 heterocycles. The van der Waals surface area contributed by atoms with E-state index in [2.05, 4.69) is 5.32 Å². The van der Waals surface area contributed by atoms with Crippen molar-refractivity contribution < 1.29 is 14.7 Å². The molecule has 5 heteroatoms. The van der Waals surface area contributed by atoms with Crippen LogP contribution in [0.1, 0.15) is 46.5 Å². The van der Waals surface area contributed by atoms with Crippen LogP contribution in [0.4, 0.5) is 0 Å². The molecule has 1 amide bonds. The zero-order valence-electron chi connectivity index (χ0n) is 11.1. The quantitative estimate of drug-likeness (QED) is 0.703. The molecule has 0 saturated carbocycles. The Balaban J connectivity index is 4.53. The van der Waals surface area contributed by atoms with Crippen molar-refractivity contribution in [3.8, 4) is 0 Å². The van der Waals surface area contributed by atoms with Gasteiger partial charge in [0.25, 0.3) is 0 Å². The lowest BCUT2D eigenvalue weighted by atomic mass is 9.88. The SMILES string of the molecule is CCC(CC)(CC(=O)O)NC(=O)CC(C)SC. The molecule has 0 bridgehead atoms. The van der Waals surface area contributed by atoms with Gasteiger partial charge in [0.15, 0.2) is 0 Å². The van der Waals surface area contributed by atoms with E-state index in [1.807, 2.05) is 27.0 Å². The maximum absolute atomic E-state index is 11.8. The highest BCUT2D eigenvalue weighted by Crippen LogP contribution is 2.21. The molecule has 4 nitrogen and oxygen atoms in total. The molecule has 0 aromatic carbocycles. The summed E-state index contributed by atoms with van der Waals surface area (Å²) in [5.74, 6) is -0.927. The van der Waals surface area contributed by atoms with E-state index in [4.69, 9.17) is 5.11 Å². The summed E-state index contributed by atoms with van der Waals surface area (Å²) in [4.78, 5) is 22.6. The third-order valence-corrected chi connectivity index (χ3v) is 4.09. The average Bonchev–Trinajstić information content (AvgIpc) is 2.27. The van der Waals surface area contributed by atoms with Crippen molar-refractivity contribution in [1.82, 2.24) is 5.32 Å². The maximum Gasteiger partial charge on any atom is 0.305 e. The van der Waals surface area contributed by atoms with Gasteiger partial charge < -0.3 is 10.4 Å². The van der Waals surface area contributed by atoms with Gasteiger partial charge in [0.1, 0.15) is 0 Å². The summed E-state index contributed by atoms with van der Waals surface area (Å²) >= 11 is 1.63. The first-order valence-electron chi connectivity index (χ1n) is 5.94. The average molecular weight is 261 g/mol. The maximum atomic E-state index is 11.8. The number of nitrogens with one attached hydrogen (secondary N) is 1. The first-order chi connectivity index (χ1) is 7.89. The minimum atomic E-state index is -0.869.